The fourth-order valence-corrected chi connectivity index (χ4v) is 5.74. The van der Waals surface area contributed by atoms with Gasteiger partial charge >= 0.3 is 0 Å². The number of nitrogens with one attached hydrogen (secondary N) is 1. The van der Waals surface area contributed by atoms with Gasteiger partial charge in [0.05, 0.1) is 5.56 Å². The molecule has 188 valence electrons. The summed E-state index contributed by atoms with van der Waals surface area (Å²) in [6, 6.07) is 12.4. The van der Waals surface area contributed by atoms with Crippen LogP contribution in [0.25, 0.3) is 0 Å². The molecule has 0 fully saturated rings. The van der Waals surface area contributed by atoms with Crippen molar-refractivity contribution < 1.29 is 22.8 Å². The Morgan fingerprint density at radius 3 is 2.54 bits per heavy atom. The monoisotopic (exact) mass is 519 g/mol. The fourth-order valence-electron chi connectivity index (χ4n) is 3.92. The van der Waals surface area contributed by atoms with Crippen LogP contribution in [0.1, 0.15) is 55.5 Å². The van der Waals surface area contributed by atoms with E-state index in [-0.39, 0.29) is 48.2 Å². The summed E-state index contributed by atoms with van der Waals surface area (Å²) in [6.45, 7) is 4.26. The third-order valence-corrected chi connectivity index (χ3v) is 7.98. The quantitative estimate of drug-likeness (QED) is 0.457. The predicted octanol–water partition coefficient (Wildman–Crippen LogP) is 3.60. The number of rotatable bonds is 11. The van der Waals surface area contributed by atoms with E-state index in [0.29, 0.717) is 11.6 Å². The number of benzene rings is 2. The molecule has 0 aliphatic carbocycles. The zero-order valence-corrected chi connectivity index (χ0v) is 21.4. The minimum absolute atomic E-state index is 0.0173. The van der Waals surface area contributed by atoms with Crippen molar-refractivity contribution in [3.63, 3.8) is 0 Å². The molecule has 0 bridgehead atoms. The topological polar surface area (TPSA) is 104 Å². The van der Waals surface area contributed by atoms with Crippen LogP contribution in [0, 0.1) is 0 Å². The molecule has 0 saturated carbocycles. The third kappa shape index (κ3) is 6.21. The maximum Gasteiger partial charge on any atom is 0.269 e. The number of unbranched alkanes of at least 4 members (excludes halogenated alkanes) is 1. The normalized spacial score (nSPS) is 14.9. The summed E-state index contributed by atoms with van der Waals surface area (Å²) in [7, 11) is -3.93. The molecule has 1 heterocycles. The summed E-state index contributed by atoms with van der Waals surface area (Å²) in [6.07, 6.45) is 1.88. The van der Waals surface area contributed by atoms with Crippen molar-refractivity contribution in [1.29, 1.82) is 0 Å². The summed E-state index contributed by atoms with van der Waals surface area (Å²) < 4.78 is 26.3. The molecule has 0 saturated heterocycles. The van der Waals surface area contributed by atoms with Gasteiger partial charge in [0.15, 0.2) is 0 Å². The van der Waals surface area contributed by atoms with E-state index < -0.39 is 22.0 Å². The van der Waals surface area contributed by atoms with Gasteiger partial charge in [-0.1, -0.05) is 49.2 Å². The highest BCUT2D eigenvalue weighted by atomic mass is 35.5. The van der Waals surface area contributed by atoms with Crippen LogP contribution >= 0.6 is 11.6 Å². The van der Waals surface area contributed by atoms with Crippen LogP contribution in [0.5, 0.6) is 0 Å². The first kappa shape index (κ1) is 26.7. The Hall–Kier alpha value is -2.91. The van der Waals surface area contributed by atoms with Crippen molar-refractivity contribution >= 4 is 39.3 Å². The Morgan fingerprint density at radius 2 is 1.86 bits per heavy atom. The first-order chi connectivity index (χ1) is 16.7. The molecule has 1 aliphatic rings. The fraction of sp³-hybridized carbons (Fsp3) is 0.400. The van der Waals surface area contributed by atoms with Gasteiger partial charge in [0, 0.05) is 31.1 Å². The predicted molar refractivity (Wildman–Crippen MR) is 133 cm³/mol. The number of amides is 3. The number of nitrogens with zero attached hydrogens (tertiary/aromatic N) is 2. The van der Waals surface area contributed by atoms with Crippen molar-refractivity contribution in [1.82, 2.24) is 14.5 Å². The smallest absolute Gasteiger partial charge is 0.269 e. The maximum atomic E-state index is 13.2. The minimum atomic E-state index is -3.93. The summed E-state index contributed by atoms with van der Waals surface area (Å²) in [5.74, 6) is -1.17. The number of fused-ring (bicyclic) bond motifs is 1. The van der Waals surface area contributed by atoms with E-state index >= 15 is 0 Å². The summed E-state index contributed by atoms with van der Waals surface area (Å²) >= 11 is 6.09. The lowest BCUT2D eigenvalue weighted by atomic mass is 10.1. The van der Waals surface area contributed by atoms with Gasteiger partial charge < -0.3 is 10.2 Å². The summed E-state index contributed by atoms with van der Waals surface area (Å²) in [5.41, 5.74) is 0.908. The van der Waals surface area contributed by atoms with Gasteiger partial charge in [0.1, 0.15) is 10.9 Å². The Kier molecular flexibility index (Phi) is 8.91. The number of carbonyl (C=O) groups excluding carboxylic acids is 3. The Morgan fingerprint density at radius 1 is 1.11 bits per heavy atom. The standard InChI is InChI=1S/C25H30ClN3O5S/c1-3-4-14-27-24(31)18(2)28(17-19-9-7-10-20(26)16-19)23(30)13-8-15-29-25(32)21-11-5-6-12-22(21)35(29,33)34/h5-7,9-12,16,18H,3-4,8,13-15,17H2,1-2H3,(H,27,31). The van der Waals surface area contributed by atoms with E-state index in [9.17, 15) is 22.8 Å². The van der Waals surface area contributed by atoms with Gasteiger partial charge in [0.25, 0.3) is 15.9 Å². The highest BCUT2D eigenvalue weighted by Crippen LogP contribution is 2.30. The van der Waals surface area contributed by atoms with Crippen LogP contribution in [0.4, 0.5) is 0 Å². The van der Waals surface area contributed by atoms with Crippen LogP contribution in [0.2, 0.25) is 5.02 Å². The molecule has 0 spiro atoms. The average molecular weight is 520 g/mol. The molecular weight excluding hydrogens is 490 g/mol. The molecule has 1 N–H and O–H groups in total. The number of halogens is 1. The Bertz CT molecular complexity index is 1200. The van der Waals surface area contributed by atoms with Gasteiger partial charge in [-0.2, -0.15) is 0 Å². The van der Waals surface area contributed by atoms with Crippen LogP contribution < -0.4 is 5.32 Å². The van der Waals surface area contributed by atoms with E-state index in [1.54, 1.807) is 37.3 Å². The summed E-state index contributed by atoms with van der Waals surface area (Å²) in [5, 5.41) is 3.37. The van der Waals surface area contributed by atoms with Crippen LogP contribution in [0.3, 0.4) is 0 Å². The van der Waals surface area contributed by atoms with E-state index in [4.69, 9.17) is 11.6 Å². The molecule has 1 unspecified atom stereocenters. The Labute approximate surface area is 211 Å². The zero-order chi connectivity index (χ0) is 25.6. The molecule has 0 aromatic heterocycles. The molecular formula is C25H30ClN3O5S. The van der Waals surface area contributed by atoms with E-state index in [1.165, 1.54) is 17.0 Å². The first-order valence-corrected chi connectivity index (χ1v) is 13.5. The molecule has 2 aromatic rings. The molecule has 8 nitrogen and oxygen atoms in total. The van der Waals surface area contributed by atoms with Crippen molar-refractivity contribution in [3.8, 4) is 0 Å². The van der Waals surface area contributed by atoms with Gasteiger partial charge in [-0.25, -0.2) is 12.7 Å². The SMILES string of the molecule is CCCCNC(=O)C(C)N(Cc1cccc(Cl)c1)C(=O)CCCN1C(=O)c2ccccc2S1(=O)=O. The van der Waals surface area contributed by atoms with Crippen LogP contribution in [-0.2, 0) is 26.2 Å². The van der Waals surface area contributed by atoms with Gasteiger partial charge in [0.2, 0.25) is 11.8 Å². The number of hydrogen-bond donors (Lipinski definition) is 1. The molecule has 2 aromatic carbocycles. The number of hydrogen-bond acceptors (Lipinski definition) is 5. The number of sulfonamides is 1. The molecule has 1 aliphatic heterocycles. The molecule has 0 radical (unpaired) electrons. The van der Waals surface area contributed by atoms with Gasteiger partial charge in [-0.15, -0.1) is 0 Å². The lowest BCUT2D eigenvalue weighted by Gasteiger charge is -2.29. The first-order valence-electron chi connectivity index (χ1n) is 11.6. The second kappa shape index (κ2) is 11.7. The average Bonchev–Trinajstić information content (AvgIpc) is 3.02. The molecule has 3 rings (SSSR count). The van der Waals surface area contributed by atoms with Crippen molar-refractivity contribution in [2.75, 3.05) is 13.1 Å². The molecule has 3 amide bonds. The maximum absolute atomic E-state index is 13.2. The minimum Gasteiger partial charge on any atom is -0.354 e. The largest absolute Gasteiger partial charge is 0.354 e. The van der Waals surface area contributed by atoms with Crippen LogP contribution in [0.15, 0.2) is 53.4 Å². The number of carbonyl (C=O) groups is 3. The summed E-state index contributed by atoms with van der Waals surface area (Å²) in [4.78, 5) is 39.9. The zero-order valence-electron chi connectivity index (χ0n) is 19.9. The van der Waals surface area contributed by atoms with Crippen molar-refractivity contribution in [3.05, 3.63) is 64.7 Å². The molecule has 35 heavy (non-hydrogen) atoms. The molecule has 10 heteroatoms. The van der Waals surface area contributed by atoms with Crippen molar-refractivity contribution in [2.45, 2.75) is 57.0 Å². The third-order valence-electron chi connectivity index (χ3n) is 5.90. The van der Waals surface area contributed by atoms with Gasteiger partial charge in [-0.3, -0.25) is 14.4 Å². The van der Waals surface area contributed by atoms with Crippen LogP contribution in [-0.4, -0.2) is 54.5 Å². The Balaban J connectivity index is 1.69. The second-order valence-electron chi connectivity index (χ2n) is 8.45. The molecule has 1 atom stereocenters. The highest BCUT2D eigenvalue weighted by molar-refractivity contribution is 7.90. The van der Waals surface area contributed by atoms with E-state index in [1.807, 2.05) is 13.0 Å². The van der Waals surface area contributed by atoms with Crippen molar-refractivity contribution in [2.24, 2.45) is 0 Å². The highest BCUT2D eigenvalue weighted by Gasteiger charge is 2.40. The lowest BCUT2D eigenvalue weighted by Crippen LogP contribution is -2.47. The second-order valence-corrected chi connectivity index (χ2v) is 10.7. The van der Waals surface area contributed by atoms with Gasteiger partial charge in [-0.05, 0) is 49.6 Å². The van der Waals surface area contributed by atoms with E-state index in [2.05, 4.69) is 5.32 Å². The van der Waals surface area contributed by atoms with E-state index in [0.717, 1.165) is 22.7 Å². The lowest BCUT2D eigenvalue weighted by molar-refractivity contribution is -0.140.